The SMILES string of the molecule is CC(C)(C)[S+]([O-])N[C@@H](c1cccc(F)c1)C1CC1. The van der Waals surface area contributed by atoms with Crippen molar-refractivity contribution in [3.05, 3.63) is 35.6 Å². The van der Waals surface area contributed by atoms with Crippen LogP contribution in [-0.4, -0.2) is 9.30 Å². The predicted octanol–water partition coefficient (Wildman–Crippen LogP) is 3.33. The lowest BCUT2D eigenvalue weighted by atomic mass is 10.0. The first-order chi connectivity index (χ1) is 8.38. The number of nitrogens with one attached hydrogen (secondary N) is 1. The van der Waals surface area contributed by atoms with Crippen molar-refractivity contribution in [2.45, 2.75) is 44.4 Å². The molecule has 0 amide bonds. The van der Waals surface area contributed by atoms with E-state index in [0.717, 1.165) is 18.4 Å². The van der Waals surface area contributed by atoms with Crippen molar-refractivity contribution in [3.8, 4) is 0 Å². The molecule has 0 aromatic heterocycles. The summed E-state index contributed by atoms with van der Waals surface area (Å²) in [5, 5.41) is 0. The quantitative estimate of drug-likeness (QED) is 0.851. The second kappa shape index (κ2) is 5.19. The Morgan fingerprint density at radius 2 is 2.06 bits per heavy atom. The fraction of sp³-hybridized carbons (Fsp3) is 0.571. The van der Waals surface area contributed by atoms with E-state index in [1.807, 2.05) is 26.8 Å². The standard InChI is InChI=1S/C14H20FNOS/c1-14(2,3)18(17)16-13(10-7-8-10)11-5-4-6-12(15)9-11/h4-6,9-10,13,16H,7-8H2,1-3H3/t13-,18?/m1/s1. The highest BCUT2D eigenvalue weighted by molar-refractivity contribution is 7.90. The van der Waals surface area contributed by atoms with E-state index in [1.54, 1.807) is 6.07 Å². The van der Waals surface area contributed by atoms with Crippen LogP contribution in [0.2, 0.25) is 0 Å². The molecule has 100 valence electrons. The zero-order chi connectivity index (χ0) is 13.3. The molecule has 2 atom stereocenters. The molecule has 4 heteroatoms. The molecule has 1 unspecified atom stereocenters. The van der Waals surface area contributed by atoms with Gasteiger partial charge in [-0.3, -0.25) is 0 Å². The zero-order valence-corrected chi connectivity index (χ0v) is 11.9. The molecule has 0 radical (unpaired) electrons. The van der Waals surface area contributed by atoms with Crippen LogP contribution in [0.1, 0.15) is 45.2 Å². The zero-order valence-electron chi connectivity index (χ0n) is 11.1. The van der Waals surface area contributed by atoms with Gasteiger partial charge in [0.1, 0.15) is 10.6 Å². The number of halogens is 1. The number of hydrogen-bond donors (Lipinski definition) is 1. The molecule has 1 aromatic carbocycles. The van der Waals surface area contributed by atoms with Gasteiger partial charge in [0.25, 0.3) is 0 Å². The van der Waals surface area contributed by atoms with Gasteiger partial charge in [0, 0.05) is 11.4 Å². The van der Waals surface area contributed by atoms with Crippen molar-refractivity contribution >= 4 is 11.4 Å². The molecule has 1 saturated carbocycles. The van der Waals surface area contributed by atoms with E-state index >= 15 is 0 Å². The largest absolute Gasteiger partial charge is 0.598 e. The average molecular weight is 269 g/mol. The van der Waals surface area contributed by atoms with E-state index < -0.39 is 11.4 Å². The maximum absolute atomic E-state index is 13.3. The van der Waals surface area contributed by atoms with Crippen LogP contribution in [0.5, 0.6) is 0 Å². The third-order valence-corrected chi connectivity index (χ3v) is 4.67. The van der Waals surface area contributed by atoms with Crippen molar-refractivity contribution in [2.24, 2.45) is 5.92 Å². The monoisotopic (exact) mass is 269 g/mol. The van der Waals surface area contributed by atoms with Gasteiger partial charge >= 0.3 is 0 Å². The van der Waals surface area contributed by atoms with E-state index in [2.05, 4.69) is 4.72 Å². The Morgan fingerprint density at radius 1 is 1.39 bits per heavy atom. The van der Waals surface area contributed by atoms with Gasteiger partial charge < -0.3 is 4.55 Å². The van der Waals surface area contributed by atoms with Crippen molar-refractivity contribution in [1.82, 2.24) is 4.72 Å². The second-order valence-electron chi connectivity index (χ2n) is 5.87. The Morgan fingerprint density at radius 3 is 2.56 bits per heavy atom. The molecular weight excluding hydrogens is 249 g/mol. The van der Waals surface area contributed by atoms with E-state index in [-0.39, 0.29) is 16.6 Å². The van der Waals surface area contributed by atoms with Crippen LogP contribution >= 0.6 is 0 Å². The summed E-state index contributed by atoms with van der Waals surface area (Å²) in [6.45, 7) is 5.81. The van der Waals surface area contributed by atoms with Crippen LogP contribution in [0.4, 0.5) is 4.39 Å². The third kappa shape index (κ3) is 3.46. The highest BCUT2D eigenvalue weighted by Gasteiger charge is 2.38. The molecule has 1 aliphatic carbocycles. The van der Waals surface area contributed by atoms with Gasteiger partial charge in [-0.25, -0.2) is 4.39 Å². The lowest BCUT2D eigenvalue weighted by Gasteiger charge is -2.28. The maximum atomic E-state index is 13.3. The van der Waals surface area contributed by atoms with Crippen LogP contribution in [0.15, 0.2) is 24.3 Å². The van der Waals surface area contributed by atoms with Crippen molar-refractivity contribution in [2.75, 3.05) is 0 Å². The number of hydrogen-bond acceptors (Lipinski definition) is 2. The van der Waals surface area contributed by atoms with Crippen molar-refractivity contribution < 1.29 is 8.94 Å². The fourth-order valence-electron chi connectivity index (χ4n) is 1.86. The molecule has 2 nitrogen and oxygen atoms in total. The summed E-state index contributed by atoms with van der Waals surface area (Å²) < 4.78 is 28.3. The van der Waals surface area contributed by atoms with Gasteiger partial charge in [-0.15, -0.1) is 4.72 Å². The minimum atomic E-state index is -1.13. The van der Waals surface area contributed by atoms with Gasteiger partial charge in [0.15, 0.2) is 0 Å². The molecule has 1 fully saturated rings. The first-order valence-electron chi connectivity index (χ1n) is 6.31. The molecular formula is C14H20FNOS. The molecule has 1 aliphatic rings. The lowest BCUT2D eigenvalue weighted by molar-refractivity contribution is 0.501. The minimum absolute atomic E-state index is 0.000702. The molecule has 2 rings (SSSR count). The van der Waals surface area contributed by atoms with Crippen LogP contribution in [-0.2, 0) is 11.4 Å². The van der Waals surface area contributed by atoms with Crippen LogP contribution in [0.25, 0.3) is 0 Å². The van der Waals surface area contributed by atoms with E-state index in [0.29, 0.717) is 5.92 Å². The molecule has 0 spiro atoms. The maximum Gasteiger partial charge on any atom is 0.136 e. The average Bonchev–Trinajstić information content (AvgIpc) is 3.08. The molecule has 0 saturated heterocycles. The normalized spacial score (nSPS) is 19.6. The predicted molar refractivity (Wildman–Crippen MR) is 72.9 cm³/mol. The van der Waals surface area contributed by atoms with Gasteiger partial charge in [-0.2, -0.15) is 0 Å². The third-order valence-electron chi connectivity index (χ3n) is 3.09. The second-order valence-corrected chi connectivity index (χ2v) is 7.87. The van der Waals surface area contributed by atoms with Crippen molar-refractivity contribution in [3.63, 3.8) is 0 Å². The summed E-state index contributed by atoms with van der Waals surface area (Å²) >= 11 is -1.13. The number of benzene rings is 1. The van der Waals surface area contributed by atoms with Crippen molar-refractivity contribution in [1.29, 1.82) is 0 Å². The van der Waals surface area contributed by atoms with Crippen LogP contribution < -0.4 is 4.72 Å². The molecule has 1 aromatic rings. The van der Waals surface area contributed by atoms with Gasteiger partial charge in [0.05, 0.1) is 6.04 Å². The highest BCUT2D eigenvalue weighted by atomic mass is 32.2. The Balaban J connectivity index is 2.14. The summed E-state index contributed by atoms with van der Waals surface area (Å²) in [5.74, 6) is 0.250. The highest BCUT2D eigenvalue weighted by Crippen LogP contribution is 2.42. The molecule has 18 heavy (non-hydrogen) atoms. The fourth-order valence-corrected chi connectivity index (χ4v) is 2.77. The Hall–Kier alpha value is -0.580. The van der Waals surface area contributed by atoms with Gasteiger partial charge in [-0.05, 0) is 57.2 Å². The molecule has 0 aliphatic heterocycles. The first-order valence-corrected chi connectivity index (χ1v) is 7.46. The van der Waals surface area contributed by atoms with Gasteiger partial charge in [0.2, 0.25) is 0 Å². The summed E-state index contributed by atoms with van der Waals surface area (Å²) in [5.41, 5.74) is 0.898. The number of rotatable bonds is 4. The topological polar surface area (TPSA) is 35.1 Å². The Kier molecular flexibility index (Phi) is 3.99. The summed E-state index contributed by atoms with van der Waals surface area (Å²) in [6, 6.07) is 6.59. The minimum Gasteiger partial charge on any atom is -0.598 e. The molecule has 1 N–H and O–H groups in total. The van der Waals surface area contributed by atoms with E-state index in [9.17, 15) is 8.94 Å². The van der Waals surface area contributed by atoms with Crippen LogP contribution in [0.3, 0.4) is 0 Å². The summed E-state index contributed by atoms with van der Waals surface area (Å²) in [6.07, 6.45) is 2.24. The smallest absolute Gasteiger partial charge is 0.136 e. The van der Waals surface area contributed by atoms with Crippen LogP contribution in [0, 0.1) is 11.7 Å². The first kappa shape index (κ1) is 13.8. The molecule has 0 bridgehead atoms. The molecule has 0 heterocycles. The Bertz CT molecular complexity index is 415. The summed E-state index contributed by atoms with van der Waals surface area (Å²) in [7, 11) is 0. The van der Waals surface area contributed by atoms with E-state index in [4.69, 9.17) is 0 Å². The Labute approximate surface area is 111 Å². The van der Waals surface area contributed by atoms with E-state index in [1.165, 1.54) is 12.1 Å². The van der Waals surface area contributed by atoms with Gasteiger partial charge in [-0.1, -0.05) is 12.1 Å². The summed E-state index contributed by atoms with van der Waals surface area (Å²) in [4.78, 5) is 0. The lowest BCUT2D eigenvalue weighted by Crippen LogP contribution is -2.41.